The van der Waals surface area contributed by atoms with Crippen LogP contribution in [0.3, 0.4) is 0 Å². The first-order valence-electron chi connectivity index (χ1n) is 4.21. The van der Waals surface area contributed by atoms with E-state index in [1.807, 2.05) is 13.0 Å². The summed E-state index contributed by atoms with van der Waals surface area (Å²) < 4.78 is 5.03. The SMILES string of the molecule is COc1cc(O)c2c(C)nncc2c1. The maximum atomic E-state index is 9.72. The second kappa shape index (κ2) is 3.14. The van der Waals surface area contributed by atoms with Crippen LogP contribution in [0.5, 0.6) is 11.5 Å². The maximum Gasteiger partial charge on any atom is 0.129 e. The van der Waals surface area contributed by atoms with Crippen molar-refractivity contribution in [3.63, 3.8) is 0 Å². The Kier molecular flexibility index (Phi) is 1.96. The third-order valence-corrected chi connectivity index (χ3v) is 2.12. The Morgan fingerprint density at radius 1 is 1.36 bits per heavy atom. The standard InChI is InChI=1S/C10H10N2O2/c1-6-10-7(5-11-12-6)3-8(14-2)4-9(10)13/h3-5,13H,1-2H3. The molecule has 2 aromatic rings. The molecule has 1 aromatic heterocycles. The average Bonchev–Trinajstić information content (AvgIpc) is 2.17. The van der Waals surface area contributed by atoms with Crippen LogP contribution < -0.4 is 4.74 Å². The van der Waals surface area contributed by atoms with Crippen LogP contribution in [-0.4, -0.2) is 22.4 Å². The lowest BCUT2D eigenvalue weighted by Crippen LogP contribution is -1.90. The summed E-state index contributed by atoms with van der Waals surface area (Å²) in [6.07, 6.45) is 1.60. The molecule has 1 N–H and O–H groups in total. The zero-order chi connectivity index (χ0) is 10.1. The van der Waals surface area contributed by atoms with Gasteiger partial charge in [-0.15, -0.1) is 0 Å². The Hall–Kier alpha value is -1.84. The van der Waals surface area contributed by atoms with Gasteiger partial charge in [-0.1, -0.05) is 0 Å². The highest BCUT2D eigenvalue weighted by Crippen LogP contribution is 2.30. The van der Waals surface area contributed by atoms with Crippen LogP contribution in [0.1, 0.15) is 5.69 Å². The van der Waals surface area contributed by atoms with Gasteiger partial charge in [0.25, 0.3) is 0 Å². The van der Waals surface area contributed by atoms with Crippen LogP contribution in [0.15, 0.2) is 18.3 Å². The summed E-state index contributed by atoms with van der Waals surface area (Å²) >= 11 is 0. The lowest BCUT2D eigenvalue weighted by molar-refractivity contribution is 0.409. The number of fused-ring (bicyclic) bond motifs is 1. The summed E-state index contributed by atoms with van der Waals surface area (Å²) in [4.78, 5) is 0. The van der Waals surface area contributed by atoms with Crippen molar-refractivity contribution in [1.29, 1.82) is 0 Å². The van der Waals surface area contributed by atoms with Gasteiger partial charge in [0, 0.05) is 16.8 Å². The first-order valence-corrected chi connectivity index (χ1v) is 4.21. The van der Waals surface area contributed by atoms with E-state index in [4.69, 9.17) is 4.74 Å². The van der Waals surface area contributed by atoms with E-state index in [1.165, 1.54) is 0 Å². The van der Waals surface area contributed by atoms with Crippen molar-refractivity contribution in [1.82, 2.24) is 10.2 Å². The summed E-state index contributed by atoms with van der Waals surface area (Å²) in [5.41, 5.74) is 0.711. The van der Waals surface area contributed by atoms with Crippen LogP contribution in [-0.2, 0) is 0 Å². The maximum absolute atomic E-state index is 9.72. The fourth-order valence-electron chi connectivity index (χ4n) is 1.46. The van der Waals surface area contributed by atoms with Crippen molar-refractivity contribution in [2.45, 2.75) is 6.92 Å². The molecule has 0 aliphatic rings. The molecule has 1 heterocycles. The van der Waals surface area contributed by atoms with Crippen LogP contribution in [0.2, 0.25) is 0 Å². The van der Waals surface area contributed by atoms with Crippen LogP contribution in [0.4, 0.5) is 0 Å². The molecule has 0 unspecified atom stereocenters. The van der Waals surface area contributed by atoms with Gasteiger partial charge < -0.3 is 9.84 Å². The number of aromatic hydroxyl groups is 1. The molecule has 4 heteroatoms. The summed E-state index contributed by atoms with van der Waals surface area (Å²) in [5.74, 6) is 0.786. The number of phenolic OH excluding ortho intramolecular Hbond substituents is 1. The Balaban J connectivity index is 2.83. The Morgan fingerprint density at radius 2 is 2.14 bits per heavy atom. The lowest BCUT2D eigenvalue weighted by atomic mass is 10.1. The molecule has 0 fully saturated rings. The zero-order valence-corrected chi connectivity index (χ0v) is 7.98. The average molecular weight is 190 g/mol. The predicted octanol–water partition coefficient (Wildman–Crippen LogP) is 1.65. The molecule has 0 aliphatic carbocycles. The minimum absolute atomic E-state index is 0.173. The van der Waals surface area contributed by atoms with E-state index in [2.05, 4.69) is 10.2 Å². The molecule has 14 heavy (non-hydrogen) atoms. The molecule has 0 aliphatic heterocycles. The van der Waals surface area contributed by atoms with Gasteiger partial charge in [0.2, 0.25) is 0 Å². The highest BCUT2D eigenvalue weighted by Gasteiger charge is 2.06. The van der Waals surface area contributed by atoms with Gasteiger partial charge in [0.1, 0.15) is 11.5 Å². The molecule has 72 valence electrons. The minimum Gasteiger partial charge on any atom is -0.507 e. The molecule has 0 radical (unpaired) electrons. The highest BCUT2D eigenvalue weighted by atomic mass is 16.5. The van der Waals surface area contributed by atoms with Gasteiger partial charge in [0.05, 0.1) is 19.0 Å². The van der Waals surface area contributed by atoms with E-state index in [0.29, 0.717) is 11.4 Å². The number of phenols is 1. The van der Waals surface area contributed by atoms with Gasteiger partial charge >= 0.3 is 0 Å². The molecule has 0 saturated heterocycles. The summed E-state index contributed by atoms with van der Waals surface area (Å²) in [7, 11) is 1.56. The van der Waals surface area contributed by atoms with Crippen molar-refractivity contribution in [3.05, 3.63) is 24.0 Å². The number of aromatic nitrogens is 2. The first-order chi connectivity index (χ1) is 6.72. The largest absolute Gasteiger partial charge is 0.507 e. The molecule has 0 spiro atoms. The van der Waals surface area contributed by atoms with Gasteiger partial charge in [-0.3, -0.25) is 0 Å². The molecule has 0 saturated carbocycles. The van der Waals surface area contributed by atoms with E-state index in [0.717, 1.165) is 10.8 Å². The molecule has 1 aromatic carbocycles. The van der Waals surface area contributed by atoms with Gasteiger partial charge in [-0.05, 0) is 13.0 Å². The lowest BCUT2D eigenvalue weighted by Gasteiger charge is -2.05. The van der Waals surface area contributed by atoms with E-state index < -0.39 is 0 Å². The number of nitrogens with zero attached hydrogens (tertiary/aromatic N) is 2. The Bertz CT molecular complexity index is 483. The van der Waals surface area contributed by atoms with Crippen LogP contribution in [0.25, 0.3) is 10.8 Å². The summed E-state index contributed by atoms with van der Waals surface area (Å²) in [5, 5.41) is 19.0. The number of hydrogen-bond donors (Lipinski definition) is 1. The number of hydrogen-bond acceptors (Lipinski definition) is 4. The quantitative estimate of drug-likeness (QED) is 0.742. The van der Waals surface area contributed by atoms with Crippen LogP contribution >= 0.6 is 0 Å². The topological polar surface area (TPSA) is 55.2 Å². The minimum atomic E-state index is 0.173. The molecular formula is C10H10N2O2. The van der Waals surface area contributed by atoms with Gasteiger partial charge in [0.15, 0.2) is 0 Å². The smallest absolute Gasteiger partial charge is 0.129 e. The van der Waals surface area contributed by atoms with Crippen molar-refractivity contribution < 1.29 is 9.84 Å². The van der Waals surface area contributed by atoms with E-state index in [-0.39, 0.29) is 5.75 Å². The second-order valence-electron chi connectivity index (χ2n) is 3.04. The van der Waals surface area contributed by atoms with Crippen molar-refractivity contribution in [2.24, 2.45) is 0 Å². The van der Waals surface area contributed by atoms with Gasteiger partial charge in [-0.2, -0.15) is 10.2 Å². The molecule has 0 amide bonds. The number of aryl methyl sites for hydroxylation is 1. The number of benzene rings is 1. The molecular weight excluding hydrogens is 180 g/mol. The van der Waals surface area contributed by atoms with Gasteiger partial charge in [-0.25, -0.2) is 0 Å². The highest BCUT2D eigenvalue weighted by molar-refractivity contribution is 5.90. The van der Waals surface area contributed by atoms with Crippen molar-refractivity contribution in [3.8, 4) is 11.5 Å². The molecule has 0 bridgehead atoms. The number of ether oxygens (including phenoxy) is 1. The fourth-order valence-corrected chi connectivity index (χ4v) is 1.46. The molecule has 4 nitrogen and oxygen atoms in total. The summed E-state index contributed by atoms with van der Waals surface area (Å²) in [6.45, 7) is 1.81. The molecule has 0 atom stereocenters. The zero-order valence-electron chi connectivity index (χ0n) is 7.98. The predicted molar refractivity (Wildman–Crippen MR) is 52.5 cm³/mol. The normalized spacial score (nSPS) is 10.4. The van der Waals surface area contributed by atoms with E-state index in [9.17, 15) is 5.11 Å². The molecule has 2 rings (SSSR count). The monoisotopic (exact) mass is 190 g/mol. The van der Waals surface area contributed by atoms with Crippen molar-refractivity contribution >= 4 is 10.8 Å². The van der Waals surface area contributed by atoms with Crippen molar-refractivity contribution in [2.75, 3.05) is 7.11 Å². The Morgan fingerprint density at radius 3 is 2.86 bits per heavy atom. The van der Waals surface area contributed by atoms with E-state index in [1.54, 1.807) is 19.4 Å². The Labute approximate surface area is 81.2 Å². The number of rotatable bonds is 1. The fraction of sp³-hybridized carbons (Fsp3) is 0.200. The second-order valence-corrected chi connectivity index (χ2v) is 3.04. The van der Waals surface area contributed by atoms with E-state index >= 15 is 0 Å². The van der Waals surface area contributed by atoms with Crippen LogP contribution in [0, 0.1) is 6.92 Å². The summed E-state index contributed by atoms with van der Waals surface area (Å²) in [6, 6.07) is 3.38. The third-order valence-electron chi connectivity index (χ3n) is 2.12. The number of methoxy groups -OCH3 is 1. The first kappa shape index (κ1) is 8.74. The third kappa shape index (κ3) is 1.25.